The van der Waals surface area contributed by atoms with E-state index in [1.807, 2.05) is 6.92 Å². The van der Waals surface area contributed by atoms with E-state index in [2.05, 4.69) is 15.5 Å². The molecule has 0 saturated heterocycles. The molecular formula is C13H17N5O3. The van der Waals surface area contributed by atoms with Crippen molar-refractivity contribution in [2.75, 3.05) is 16.7 Å². The number of rotatable bonds is 4. The van der Waals surface area contributed by atoms with Gasteiger partial charge >= 0.3 is 0 Å². The van der Waals surface area contributed by atoms with Crippen LogP contribution in [-0.2, 0) is 0 Å². The van der Waals surface area contributed by atoms with E-state index >= 15 is 0 Å². The van der Waals surface area contributed by atoms with Crippen LogP contribution in [-0.4, -0.2) is 22.9 Å². The summed E-state index contributed by atoms with van der Waals surface area (Å²) >= 11 is 0. The van der Waals surface area contributed by atoms with Gasteiger partial charge in [-0.3, -0.25) is 10.4 Å². The highest BCUT2D eigenvalue weighted by molar-refractivity contribution is 5.84. The molecule has 0 bridgehead atoms. The maximum absolute atomic E-state index is 10.8. The Morgan fingerprint density at radius 1 is 1.29 bits per heavy atom. The molecule has 112 valence electrons. The van der Waals surface area contributed by atoms with Crippen LogP contribution in [0.3, 0.4) is 0 Å². The predicted octanol–water partition coefficient (Wildman–Crippen LogP) is 2.40. The van der Waals surface area contributed by atoms with Gasteiger partial charge in [0.25, 0.3) is 5.96 Å². The minimum Gasteiger partial charge on any atom is -0.305 e. The molecule has 3 N–H and O–H groups in total. The van der Waals surface area contributed by atoms with Gasteiger partial charge in [-0.05, 0) is 18.6 Å². The Hall–Kier alpha value is -2.45. The SMILES string of the molecule is CCCCN=C(N=O)NC1=CN(O)c2ccccc2N1O. The van der Waals surface area contributed by atoms with Crippen LogP contribution < -0.4 is 15.4 Å². The van der Waals surface area contributed by atoms with E-state index in [-0.39, 0.29) is 11.8 Å². The number of nitrogens with one attached hydrogen (secondary N) is 1. The second-order valence-corrected chi connectivity index (χ2v) is 4.43. The van der Waals surface area contributed by atoms with Crippen molar-refractivity contribution >= 4 is 17.3 Å². The Morgan fingerprint density at radius 2 is 2.00 bits per heavy atom. The van der Waals surface area contributed by atoms with Crippen molar-refractivity contribution in [2.24, 2.45) is 10.2 Å². The number of aliphatic imine (C=N–C) groups is 1. The fourth-order valence-corrected chi connectivity index (χ4v) is 1.84. The van der Waals surface area contributed by atoms with E-state index in [1.54, 1.807) is 24.3 Å². The molecule has 0 atom stereocenters. The first-order valence-corrected chi connectivity index (χ1v) is 6.60. The number of guanidine groups is 1. The average molecular weight is 291 g/mol. The summed E-state index contributed by atoms with van der Waals surface area (Å²) in [6, 6.07) is 6.70. The number of benzene rings is 1. The van der Waals surface area contributed by atoms with Crippen molar-refractivity contribution in [3.05, 3.63) is 41.2 Å². The maximum atomic E-state index is 10.8. The molecule has 1 aliphatic heterocycles. The predicted molar refractivity (Wildman–Crippen MR) is 79.2 cm³/mol. The fraction of sp³-hybridized carbons (Fsp3) is 0.308. The summed E-state index contributed by atoms with van der Waals surface area (Å²) < 4.78 is 0. The Morgan fingerprint density at radius 3 is 2.67 bits per heavy atom. The highest BCUT2D eigenvalue weighted by Gasteiger charge is 2.23. The van der Waals surface area contributed by atoms with Gasteiger partial charge in [-0.2, -0.15) is 0 Å². The lowest BCUT2D eigenvalue weighted by Crippen LogP contribution is -2.37. The number of hydrogen-bond acceptors (Lipinski definition) is 6. The normalized spacial score (nSPS) is 14.6. The molecule has 8 nitrogen and oxygen atoms in total. The van der Waals surface area contributed by atoms with Crippen LogP contribution in [0, 0.1) is 4.91 Å². The summed E-state index contributed by atoms with van der Waals surface area (Å²) in [5, 5.41) is 27.0. The van der Waals surface area contributed by atoms with E-state index in [4.69, 9.17) is 0 Å². The third-order valence-electron chi connectivity index (χ3n) is 2.93. The molecule has 0 aromatic heterocycles. The van der Waals surface area contributed by atoms with Crippen molar-refractivity contribution in [2.45, 2.75) is 19.8 Å². The lowest BCUT2D eigenvalue weighted by atomic mass is 10.2. The fourth-order valence-electron chi connectivity index (χ4n) is 1.84. The Bertz CT molecular complexity index is 573. The number of anilines is 2. The number of nitrogens with zero attached hydrogens (tertiary/aromatic N) is 4. The van der Waals surface area contributed by atoms with Gasteiger partial charge in [0.1, 0.15) is 0 Å². The average Bonchev–Trinajstić information content (AvgIpc) is 2.51. The van der Waals surface area contributed by atoms with Gasteiger partial charge in [-0.15, -0.1) is 4.91 Å². The van der Waals surface area contributed by atoms with Crippen molar-refractivity contribution < 1.29 is 10.4 Å². The van der Waals surface area contributed by atoms with Crippen molar-refractivity contribution in [3.8, 4) is 0 Å². The van der Waals surface area contributed by atoms with E-state index in [0.717, 1.165) is 23.0 Å². The molecule has 1 aliphatic rings. The lowest BCUT2D eigenvalue weighted by molar-refractivity contribution is 0.253. The number of fused-ring (bicyclic) bond motifs is 1. The molecule has 1 heterocycles. The summed E-state index contributed by atoms with van der Waals surface area (Å²) in [5.41, 5.74) is 0.776. The number of nitroso groups, excluding NO2 is 1. The molecule has 0 amide bonds. The first-order valence-electron chi connectivity index (χ1n) is 6.60. The minimum absolute atomic E-state index is 0.0750. The molecular weight excluding hydrogens is 274 g/mol. The van der Waals surface area contributed by atoms with Crippen molar-refractivity contribution in [1.29, 1.82) is 0 Å². The highest BCUT2D eigenvalue weighted by atomic mass is 16.5. The minimum atomic E-state index is -0.151. The lowest BCUT2D eigenvalue weighted by Gasteiger charge is -2.30. The van der Waals surface area contributed by atoms with Crippen molar-refractivity contribution in [1.82, 2.24) is 5.32 Å². The molecule has 21 heavy (non-hydrogen) atoms. The molecule has 0 spiro atoms. The smallest absolute Gasteiger partial charge is 0.265 e. The number of hydrogen-bond donors (Lipinski definition) is 3. The molecule has 0 aliphatic carbocycles. The van der Waals surface area contributed by atoms with Gasteiger partial charge in [-0.1, -0.05) is 25.5 Å². The van der Waals surface area contributed by atoms with Gasteiger partial charge in [0, 0.05) is 11.7 Å². The molecule has 0 saturated carbocycles. The summed E-state index contributed by atoms with van der Waals surface area (Å²) in [6.45, 7) is 2.47. The van der Waals surface area contributed by atoms with Crippen LogP contribution >= 0.6 is 0 Å². The molecule has 0 fully saturated rings. The van der Waals surface area contributed by atoms with Crippen LogP contribution in [0.1, 0.15) is 19.8 Å². The van der Waals surface area contributed by atoms with E-state index in [1.165, 1.54) is 6.20 Å². The summed E-state index contributed by atoms with van der Waals surface area (Å²) in [5.74, 6) is -0.0763. The molecule has 0 unspecified atom stereocenters. The zero-order valence-corrected chi connectivity index (χ0v) is 11.6. The van der Waals surface area contributed by atoms with Crippen LogP contribution in [0.15, 0.2) is 46.5 Å². The topological polar surface area (TPSA) is 101 Å². The van der Waals surface area contributed by atoms with Gasteiger partial charge in [0.15, 0.2) is 5.82 Å². The molecule has 1 aromatic carbocycles. The van der Waals surface area contributed by atoms with Gasteiger partial charge < -0.3 is 5.32 Å². The first-order chi connectivity index (χ1) is 10.2. The molecule has 2 rings (SSSR count). The van der Waals surface area contributed by atoms with E-state index in [9.17, 15) is 15.3 Å². The monoisotopic (exact) mass is 291 g/mol. The Kier molecular flexibility index (Phi) is 4.85. The van der Waals surface area contributed by atoms with Crippen LogP contribution in [0.2, 0.25) is 0 Å². The molecule has 1 aromatic rings. The highest BCUT2D eigenvalue weighted by Crippen LogP contribution is 2.33. The van der Waals surface area contributed by atoms with E-state index in [0.29, 0.717) is 17.9 Å². The van der Waals surface area contributed by atoms with Gasteiger partial charge in [0.05, 0.1) is 17.6 Å². The number of para-hydroxylation sites is 2. The molecule has 0 radical (unpaired) electrons. The van der Waals surface area contributed by atoms with Gasteiger partial charge in [0.2, 0.25) is 0 Å². The standard InChI is InChI=1S/C13H17N5O3/c1-2-3-8-14-13(16-19)15-12-9-17(20)10-6-4-5-7-11(10)18(12)21/h4-7,9,20-21H,2-3,8H2,1H3,(H,14,15). The Balaban J connectivity index is 2.17. The zero-order valence-electron chi connectivity index (χ0n) is 11.6. The number of hydroxylamine groups is 2. The zero-order chi connectivity index (χ0) is 15.2. The summed E-state index contributed by atoms with van der Waals surface area (Å²) in [4.78, 5) is 14.7. The Labute approximate surface area is 121 Å². The van der Waals surface area contributed by atoms with Crippen LogP contribution in [0.25, 0.3) is 0 Å². The van der Waals surface area contributed by atoms with Gasteiger partial charge in [-0.25, -0.2) is 15.1 Å². The van der Waals surface area contributed by atoms with E-state index < -0.39 is 0 Å². The van der Waals surface area contributed by atoms with Crippen molar-refractivity contribution in [3.63, 3.8) is 0 Å². The molecule has 8 heteroatoms. The third-order valence-corrected chi connectivity index (χ3v) is 2.93. The summed E-state index contributed by atoms with van der Waals surface area (Å²) in [6.07, 6.45) is 3.00. The third kappa shape index (κ3) is 3.36. The first kappa shape index (κ1) is 14.9. The van der Waals surface area contributed by atoms with Crippen LogP contribution in [0.5, 0.6) is 0 Å². The maximum Gasteiger partial charge on any atom is 0.265 e. The second-order valence-electron chi connectivity index (χ2n) is 4.43. The summed E-state index contributed by atoms with van der Waals surface area (Å²) in [7, 11) is 0. The second kappa shape index (κ2) is 6.82. The quantitative estimate of drug-likeness (QED) is 0.341. The number of unbranched alkanes of at least 4 members (excludes halogenated alkanes) is 1. The van der Waals surface area contributed by atoms with Crippen LogP contribution in [0.4, 0.5) is 11.4 Å². The largest absolute Gasteiger partial charge is 0.305 e.